The maximum absolute atomic E-state index is 11.7. The van der Waals surface area contributed by atoms with Crippen LogP contribution in [0.25, 0.3) is 17.1 Å². The Bertz CT molecular complexity index is 1540. The molecule has 2 aromatic carbocycles. The molecule has 0 spiro atoms. The quantitative estimate of drug-likeness (QED) is 0.304. The number of carboxylic acid groups (broad SMARTS) is 1. The van der Waals surface area contributed by atoms with Crippen molar-refractivity contribution < 1.29 is 24.5 Å². The zero-order valence-electron chi connectivity index (χ0n) is 23.2. The molecule has 0 saturated carbocycles. The summed E-state index contributed by atoms with van der Waals surface area (Å²) < 4.78 is 13.4. The predicted octanol–water partition coefficient (Wildman–Crippen LogP) is 5.01. The van der Waals surface area contributed by atoms with Crippen LogP contribution in [-0.2, 0) is 19.6 Å². The van der Waals surface area contributed by atoms with Crippen molar-refractivity contribution in [3.63, 3.8) is 0 Å². The molecule has 0 radical (unpaired) electrons. The van der Waals surface area contributed by atoms with Crippen LogP contribution in [0.4, 0.5) is 0 Å². The Labute approximate surface area is 233 Å². The van der Waals surface area contributed by atoms with Gasteiger partial charge < -0.3 is 19.7 Å². The van der Waals surface area contributed by atoms with Crippen LogP contribution < -0.4 is 9.47 Å². The molecule has 0 amide bonds. The average molecular weight is 543 g/mol. The lowest BCUT2D eigenvalue weighted by molar-refractivity contribution is -0.0859. The maximum Gasteiger partial charge on any atom is 0.342 e. The third-order valence-electron chi connectivity index (χ3n) is 7.12. The first kappa shape index (κ1) is 27.4. The molecule has 0 saturated heterocycles. The number of benzene rings is 2. The number of aliphatic hydroxyl groups is 1. The van der Waals surface area contributed by atoms with Crippen LogP contribution in [0, 0.1) is 6.92 Å². The van der Waals surface area contributed by atoms with Gasteiger partial charge in [0.15, 0.2) is 5.82 Å². The van der Waals surface area contributed by atoms with Crippen molar-refractivity contribution in [1.82, 2.24) is 19.7 Å². The molecule has 40 heavy (non-hydrogen) atoms. The molecule has 1 aliphatic rings. The number of aromatic carboxylic acids is 1. The zero-order valence-corrected chi connectivity index (χ0v) is 23.2. The standard InChI is InChI=1S/C31H34N4O5/c1-5-39-29-25(30(36)37)17-32-35(29)27-11-7-10-26(33-27)24-9-6-8-20(2)28(24)40-19-21-12-13-23-18-34(31(3,4)38)15-14-22(23)16-21/h6-13,16-17,38H,5,14-15,18-19H2,1-4H3,(H,36,37). The third kappa shape index (κ3) is 5.57. The zero-order chi connectivity index (χ0) is 28.4. The lowest BCUT2D eigenvalue weighted by Gasteiger charge is -2.37. The van der Waals surface area contributed by atoms with Crippen molar-refractivity contribution >= 4 is 5.97 Å². The summed E-state index contributed by atoms with van der Waals surface area (Å²) in [5, 5.41) is 24.1. The van der Waals surface area contributed by atoms with E-state index < -0.39 is 11.7 Å². The highest BCUT2D eigenvalue weighted by Crippen LogP contribution is 2.34. The summed E-state index contributed by atoms with van der Waals surface area (Å²) in [5.41, 5.74) is 5.19. The molecule has 4 aromatic rings. The lowest BCUT2D eigenvalue weighted by Crippen LogP contribution is -2.46. The van der Waals surface area contributed by atoms with E-state index in [-0.39, 0.29) is 11.4 Å². The molecule has 0 unspecified atom stereocenters. The van der Waals surface area contributed by atoms with Gasteiger partial charge in [0.1, 0.15) is 23.6 Å². The molecule has 0 aliphatic carbocycles. The highest BCUT2D eigenvalue weighted by molar-refractivity contribution is 5.90. The fraction of sp³-hybridized carbons (Fsp3) is 0.323. The van der Waals surface area contributed by atoms with E-state index >= 15 is 0 Å². The molecule has 2 aromatic heterocycles. The van der Waals surface area contributed by atoms with E-state index in [9.17, 15) is 15.0 Å². The number of aryl methyl sites for hydroxylation is 1. The molecule has 3 heterocycles. The van der Waals surface area contributed by atoms with Crippen molar-refractivity contribution in [3.8, 4) is 28.7 Å². The van der Waals surface area contributed by atoms with Gasteiger partial charge in [-0.25, -0.2) is 9.78 Å². The first-order valence-corrected chi connectivity index (χ1v) is 13.4. The van der Waals surface area contributed by atoms with E-state index in [0.29, 0.717) is 24.7 Å². The third-order valence-corrected chi connectivity index (χ3v) is 7.12. The first-order valence-electron chi connectivity index (χ1n) is 13.4. The van der Waals surface area contributed by atoms with Gasteiger partial charge in [0, 0.05) is 18.7 Å². The minimum absolute atomic E-state index is 0.0218. The summed E-state index contributed by atoms with van der Waals surface area (Å²) in [6, 6.07) is 17.8. The highest BCUT2D eigenvalue weighted by Gasteiger charge is 2.27. The Morgan fingerprint density at radius 2 is 1.88 bits per heavy atom. The van der Waals surface area contributed by atoms with E-state index in [1.807, 2.05) is 51.1 Å². The second kappa shape index (κ2) is 11.1. The molecule has 2 N–H and O–H groups in total. The smallest absolute Gasteiger partial charge is 0.342 e. The molecule has 0 atom stereocenters. The van der Waals surface area contributed by atoms with Crippen molar-refractivity contribution in [2.24, 2.45) is 0 Å². The number of para-hydroxylation sites is 1. The normalized spacial score (nSPS) is 13.6. The van der Waals surface area contributed by atoms with Gasteiger partial charge in [0.2, 0.25) is 5.88 Å². The van der Waals surface area contributed by atoms with Gasteiger partial charge in [-0.15, -0.1) is 0 Å². The number of hydrogen-bond acceptors (Lipinski definition) is 7. The number of rotatable bonds is 9. The molecule has 9 heteroatoms. The van der Waals surface area contributed by atoms with Crippen LogP contribution in [0.15, 0.2) is 60.8 Å². The van der Waals surface area contributed by atoms with Gasteiger partial charge in [-0.1, -0.05) is 36.4 Å². The Morgan fingerprint density at radius 1 is 1.07 bits per heavy atom. The number of nitrogens with zero attached hydrogens (tertiary/aromatic N) is 4. The van der Waals surface area contributed by atoms with Gasteiger partial charge in [0.05, 0.1) is 18.5 Å². The Kier molecular flexibility index (Phi) is 7.60. The van der Waals surface area contributed by atoms with Crippen LogP contribution in [0.3, 0.4) is 0 Å². The van der Waals surface area contributed by atoms with E-state index in [1.54, 1.807) is 13.0 Å². The number of hydrogen-bond donors (Lipinski definition) is 2. The molecule has 0 fully saturated rings. The number of ether oxygens (including phenoxy) is 2. The summed E-state index contributed by atoms with van der Waals surface area (Å²) in [7, 11) is 0. The van der Waals surface area contributed by atoms with Crippen LogP contribution in [0.5, 0.6) is 11.6 Å². The van der Waals surface area contributed by atoms with E-state index in [1.165, 1.54) is 22.0 Å². The Morgan fingerprint density at radius 3 is 2.62 bits per heavy atom. The summed E-state index contributed by atoms with van der Waals surface area (Å²) in [6.07, 6.45) is 2.14. The summed E-state index contributed by atoms with van der Waals surface area (Å²) >= 11 is 0. The van der Waals surface area contributed by atoms with Crippen LogP contribution in [0.2, 0.25) is 0 Å². The lowest BCUT2D eigenvalue weighted by atomic mass is 9.96. The second-order valence-corrected chi connectivity index (χ2v) is 10.4. The fourth-order valence-corrected chi connectivity index (χ4v) is 4.98. The fourth-order valence-electron chi connectivity index (χ4n) is 4.98. The first-order chi connectivity index (χ1) is 19.2. The summed E-state index contributed by atoms with van der Waals surface area (Å²) in [6.45, 7) is 9.66. The summed E-state index contributed by atoms with van der Waals surface area (Å²) in [5.74, 6) is 0.195. The minimum Gasteiger partial charge on any atom is -0.488 e. The molecule has 208 valence electrons. The molecular formula is C31H34N4O5. The Balaban J connectivity index is 1.41. The Hall–Kier alpha value is -4.21. The number of aromatic nitrogens is 3. The molecule has 1 aliphatic heterocycles. The number of carboxylic acids is 1. The van der Waals surface area contributed by atoms with Gasteiger partial charge in [-0.3, -0.25) is 4.90 Å². The average Bonchev–Trinajstić information content (AvgIpc) is 3.35. The molecule has 5 rings (SSSR count). The summed E-state index contributed by atoms with van der Waals surface area (Å²) in [4.78, 5) is 18.5. The van der Waals surface area contributed by atoms with Gasteiger partial charge in [0.25, 0.3) is 0 Å². The van der Waals surface area contributed by atoms with Crippen molar-refractivity contribution in [3.05, 3.63) is 88.6 Å². The van der Waals surface area contributed by atoms with E-state index in [2.05, 4.69) is 28.2 Å². The van der Waals surface area contributed by atoms with Crippen molar-refractivity contribution in [2.75, 3.05) is 13.2 Å². The van der Waals surface area contributed by atoms with Gasteiger partial charge in [-0.2, -0.15) is 9.78 Å². The van der Waals surface area contributed by atoms with E-state index in [0.717, 1.165) is 42.0 Å². The van der Waals surface area contributed by atoms with Crippen molar-refractivity contribution in [2.45, 2.75) is 53.0 Å². The molecule has 9 nitrogen and oxygen atoms in total. The number of carbonyl (C=O) groups is 1. The van der Waals surface area contributed by atoms with Crippen LogP contribution in [-0.4, -0.2) is 54.7 Å². The molecule has 0 bridgehead atoms. The SMILES string of the molecule is CCOc1c(C(=O)O)cnn1-c1cccc(-c2cccc(C)c2OCc2ccc3c(c2)CCN(C(C)(C)O)C3)n1. The number of fused-ring (bicyclic) bond motifs is 1. The number of pyridine rings is 1. The largest absolute Gasteiger partial charge is 0.488 e. The van der Waals surface area contributed by atoms with Crippen molar-refractivity contribution in [1.29, 1.82) is 0 Å². The van der Waals surface area contributed by atoms with Gasteiger partial charge >= 0.3 is 5.97 Å². The minimum atomic E-state index is -1.11. The monoisotopic (exact) mass is 542 g/mol. The van der Waals surface area contributed by atoms with Gasteiger partial charge in [-0.05, 0) is 74.6 Å². The predicted molar refractivity (Wildman–Crippen MR) is 151 cm³/mol. The van der Waals surface area contributed by atoms with E-state index in [4.69, 9.17) is 14.5 Å². The molecular weight excluding hydrogens is 508 g/mol. The maximum atomic E-state index is 11.7. The second-order valence-electron chi connectivity index (χ2n) is 10.4. The highest BCUT2D eigenvalue weighted by atomic mass is 16.5. The van der Waals surface area contributed by atoms with Crippen LogP contribution in [0.1, 0.15) is 53.4 Å². The van der Waals surface area contributed by atoms with Crippen LogP contribution >= 0.6 is 0 Å². The topological polar surface area (TPSA) is 110 Å².